The van der Waals surface area contributed by atoms with Crippen LogP contribution >= 0.6 is 0 Å². The van der Waals surface area contributed by atoms with Crippen LogP contribution in [0.4, 0.5) is 5.69 Å². The van der Waals surface area contributed by atoms with Gasteiger partial charge in [0, 0.05) is 18.2 Å². The first-order valence-corrected chi connectivity index (χ1v) is 4.74. The summed E-state index contributed by atoms with van der Waals surface area (Å²) in [4.78, 5) is 21.5. The Morgan fingerprint density at radius 2 is 2.25 bits per heavy atom. The van der Waals surface area contributed by atoms with Crippen LogP contribution < -0.4 is 5.73 Å². The molecule has 0 fully saturated rings. The zero-order valence-electron chi connectivity index (χ0n) is 8.80. The van der Waals surface area contributed by atoms with E-state index in [9.17, 15) is 14.9 Å². The summed E-state index contributed by atoms with van der Waals surface area (Å²) in [5.41, 5.74) is 5.74. The molecule has 0 radical (unpaired) electrons. The zero-order valence-corrected chi connectivity index (χ0v) is 8.80. The van der Waals surface area contributed by atoms with Gasteiger partial charge in [-0.15, -0.1) is 0 Å². The highest BCUT2D eigenvalue weighted by molar-refractivity contribution is 5.90. The normalized spacial score (nSPS) is 9.88. The molecule has 0 unspecified atom stereocenters. The summed E-state index contributed by atoms with van der Waals surface area (Å²) < 4.78 is 4.74. The molecule has 0 aliphatic carbocycles. The maximum atomic E-state index is 11.3. The van der Waals surface area contributed by atoms with E-state index < -0.39 is 10.9 Å². The molecule has 0 saturated carbocycles. The van der Waals surface area contributed by atoms with Crippen LogP contribution in [0, 0.1) is 10.1 Å². The highest BCUT2D eigenvalue weighted by Crippen LogP contribution is 2.20. The van der Waals surface area contributed by atoms with Crippen molar-refractivity contribution in [2.24, 2.45) is 5.73 Å². The van der Waals surface area contributed by atoms with E-state index in [0.29, 0.717) is 5.56 Å². The summed E-state index contributed by atoms with van der Waals surface area (Å²) in [5, 5.41) is 10.7. The van der Waals surface area contributed by atoms with Crippen LogP contribution in [0.2, 0.25) is 0 Å². The molecule has 0 aliphatic rings. The van der Waals surface area contributed by atoms with Crippen LogP contribution in [0.5, 0.6) is 0 Å². The van der Waals surface area contributed by atoms with Crippen LogP contribution in [0.15, 0.2) is 18.2 Å². The molecule has 0 amide bonds. The highest BCUT2D eigenvalue weighted by Gasteiger charge is 2.16. The number of hydrogen-bond donors (Lipinski definition) is 1. The summed E-state index contributed by atoms with van der Waals surface area (Å²) >= 11 is 0. The zero-order chi connectivity index (χ0) is 12.1. The lowest BCUT2D eigenvalue weighted by atomic mass is 10.1. The van der Waals surface area contributed by atoms with E-state index in [1.54, 1.807) is 6.92 Å². The lowest BCUT2D eigenvalue weighted by Gasteiger charge is -2.04. The number of benzene rings is 1. The molecule has 0 atom stereocenters. The fourth-order valence-corrected chi connectivity index (χ4v) is 1.25. The maximum absolute atomic E-state index is 11.3. The second-order valence-corrected chi connectivity index (χ2v) is 3.03. The van der Waals surface area contributed by atoms with Crippen LogP contribution in [-0.2, 0) is 11.3 Å². The Hall–Kier alpha value is -1.95. The average Bonchev–Trinajstić information content (AvgIpc) is 2.28. The molecular formula is C10H12N2O4. The Balaban J connectivity index is 3.11. The first-order chi connectivity index (χ1) is 7.60. The average molecular weight is 224 g/mol. The van der Waals surface area contributed by atoms with Gasteiger partial charge in [0.1, 0.15) is 0 Å². The van der Waals surface area contributed by atoms with Gasteiger partial charge < -0.3 is 10.5 Å². The lowest BCUT2D eigenvalue weighted by molar-refractivity contribution is -0.385. The predicted molar refractivity (Wildman–Crippen MR) is 56.9 cm³/mol. The third-order valence-corrected chi connectivity index (χ3v) is 2.01. The van der Waals surface area contributed by atoms with Gasteiger partial charge in [0.05, 0.1) is 17.1 Å². The van der Waals surface area contributed by atoms with Crippen molar-refractivity contribution < 1.29 is 14.5 Å². The minimum absolute atomic E-state index is 0.0550. The van der Waals surface area contributed by atoms with Crippen LogP contribution in [-0.4, -0.2) is 17.5 Å². The molecule has 0 spiro atoms. The SMILES string of the molecule is CCOC(=O)c1ccc(CN)c([N+](=O)[O-])c1. The quantitative estimate of drug-likeness (QED) is 0.471. The Morgan fingerprint density at radius 1 is 1.56 bits per heavy atom. The summed E-state index contributed by atoms with van der Waals surface area (Å²) in [5.74, 6) is -0.575. The molecule has 0 saturated heterocycles. The van der Waals surface area contributed by atoms with Crippen molar-refractivity contribution in [3.8, 4) is 0 Å². The van der Waals surface area contributed by atoms with Gasteiger partial charge in [-0.05, 0) is 13.0 Å². The minimum atomic E-state index is -0.575. The van der Waals surface area contributed by atoms with Gasteiger partial charge in [-0.1, -0.05) is 6.07 Å². The largest absolute Gasteiger partial charge is 0.462 e. The number of carbonyl (C=O) groups excluding carboxylic acids is 1. The van der Waals surface area contributed by atoms with Gasteiger partial charge >= 0.3 is 5.97 Å². The number of ether oxygens (including phenoxy) is 1. The standard InChI is InChI=1S/C10H12N2O4/c1-2-16-10(13)7-3-4-8(6-11)9(5-7)12(14)15/h3-5H,2,6,11H2,1H3. The molecule has 16 heavy (non-hydrogen) atoms. The number of nitro benzene ring substituents is 1. The van der Waals surface area contributed by atoms with Gasteiger partial charge in [0.15, 0.2) is 0 Å². The molecule has 6 heteroatoms. The van der Waals surface area contributed by atoms with Crippen molar-refractivity contribution in [1.82, 2.24) is 0 Å². The molecule has 1 aromatic rings. The second kappa shape index (κ2) is 5.22. The van der Waals surface area contributed by atoms with Gasteiger partial charge in [0.25, 0.3) is 5.69 Å². The molecular weight excluding hydrogens is 212 g/mol. The molecule has 0 bridgehead atoms. The minimum Gasteiger partial charge on any atom is -0.462 e. The van der Waals surface area contributed by atoms with Crippen molar-refractivity contribution >= 4 is 11.7 Å². The number of hydrogen-bond acceptors (Lipinski definition) is 5. The summed E-state index contributed by atoms with van der Waals surface area (Å²) in [7, 11) is 0. The Labute approximate surface area is 92.2 Å². The number of esters is 1. The molecule has 0 aromatic heterocycles. The van der Waals surface area contributed by atoms with E-state index in [2.05, 4.69) is 0 Å². The Kier molecular flexibility index (Phi) is 3.96. The summed E-state index contributed by atoms with van der Waals surface area (Å²) in [6.07, 6.45) is 0. The fraction of sp³-hybridized carbons (Fsp3) is 0.300. The monoisotopic (exact) mass is 224 g/mol. The molecule has 86 valence electrons. The van der Waals surface area contributed by atoms with Crippen LogP contribution in [0.25, 0.3) is 0 Å². The first kappa shape index (κ1) is 12.1. The number of nitrogens with zero attached hydrogens (tertiary/aromatic N) is 1. The fourth-order valence-electron chi connectivity index (χ4n) is 1.25. The van der Waals surface area contributed by atoms with Crippen molar-refractivity contribution in [2.75, 3.05) is 6.61 Å². The number of nitrogens with two attached hydrogens (primary N) is 1. The lowest BCUT2D eigenvalue weighted by Crippen LogP contribution is -2.07. The third kappa shape index (κ3) is 2.54. The molecule has 2 N–H and O–H groups in total. The summed E-state index contributed by atoms with van der Waals surface area (Å²) in [6.45, 7) is 1.95. The topological polar surface area (TPSA) is 95.5 Å². The van der Waals surface area contributed by atoms with E-state index in [0.717, 1.165) is 0 Å². The molecule has 0 aliphatic heterocycles. The van der Waals surface area contributed by atoms with E-state index in [-0.39, 0.29) is 24.4 Å². The van der Waals surface area contributed by atoms with Gasteiger partial charge in [-0.3, -0.25) is 10.1 Å². The molecule has 1 rings (SSSR count). The van der Waals surface area contributed by atoms with Gasteiger partial charge in [-0.2, -0.15) is 0 Å². The van der Waals surface area contributed by atoms with E-state index >= 15 is 0 Å². The van der Waals surface area contributed by atoms with E-state index in [1.165, 1.54) is 18.2 Å². The van der Waals surface area contributed by atoms with E-state index in [4.69, 9.17) is 10.5 Å². The molecule has 6 nitrogen and oxygen atoms in total. The maximum Gasteiger partial charge on any atom is 0.338 e. The third-order valence-electron chi connectivity index (χ3n) is 2.01. The number of nitro groups is 1. The van der Waals surface area contributed by atoms with Crippen LogP contribution in [0.3, 0.4) is 0 Å². The van der Waals surface area contributed by atoms with Crippen molar-refractivity contribution in [3.63, 3.8) is 0 Å². The molecule has 1 aromatic carbocycles. The Bertz CT molecular complexity index is 417. The highest BCUT2D eigenvalue weighted by atomic mass is 16.6. The van der Waals surface area contributed by atoms with Crippen molar-refractivity contribution in [3.05, 3.63) is 39.4 Å². The summed E-state index contributed by atoms with van der Waals surface area (Å²) in [6, 6.07) is 4.11. The predicted octanol–water partition coefficient (Wildman–Crippen LogP) is 1.23. The second-order valence-electron chi connectivity index (χ2n) is 3.03. The van der Waals surface area contributed by atoms with Gasteiger partial charge in [0.2, 0.25) is 0 Å². The smallest absolute Gasteiger partial charge is 0.338 e. The van der Waals surface area contributed by atoms with Gasteiger partial charge in [-0.25, -0.2) is 4.79 Å². The first-order valence-electron chi connectivity index (χ1n) is 4.74. The number of carbonyl (C=O) groups is 1. The van der Waals surface area contributed by atoms with Crippen LogP contribution in [0.1, 0.15) is 22.8 Å². The van der Waals surface area contributed by atoms with Crippen molar-refractivity contribution in [1.29, 1.82) is 0 Å². The number of rotatable bonds is 4. The Morgan fingerprint density at radius 3 is 2.75 bits per heavy atom. The van der Waals surface area contributed by atoms with E-state index in [1.807, 2.05) is 0 Å². The molecule has 0 heterocycles. The van der Waals surface area contributed by atoms with Crippen molar-refractivity contribution in [2.45, 2.75) is 13.5 Å².